The van der Waals surface area contributed by atoms with Crippen molar-refractivity contribution < 1.29 is 14.3 Å². The number of nitriles is 2. The van der Waals surface area contributed by atoms with Crippen LogP contribution in [0.15, 0.2) is 47.0 Å². The maximum Gasteiger partial charge on any atom is 0.241 e. The van der Waals surface area contributed by atoms with Gasteiger partial charge in [0.15, 0.2) is 5.76 Å². The maximum absolute atomic E-state index is 12.3. The summed E-state index contributed by atoms with van der Waals surface area (Å²) in [4.78, 5) is 25.8. The molecule has 2 rings (SSSR count). The molecule has 0 unspecified atom stereocenters. The van der Waals surface area contributed by atoms with Gasteiger partial charge in [0.05, 0.1) is 13.7 Å². The fourth-order valence-corrected chi connectivity index (χ4v) is 1.85. The molecule has 1 radical (unpaired) electrons. The summed E-state index contributed by atoms with van der Waals surface area (Å²) in [5.74, 6) is -1.73. The molecule has 6 heteroatoms. The second-order valence-corrected chi connectivity index (χ2v) is 3.80. The Bertz CT molecular complexity index is 696. The molecule has 0 atom stereocenters. The molecule has 20 heavy (non-hydrogen) atoms. The third-order valence-electron chi connectivity index (χ3n) is 2.74. The Labute approximate surface area is 115 Å². The predicted octanol–water partition coefficient (Wildman–Crippen LogP) is 0.887. The Balaban J connectivity index is 2.60. The van der Waals surface area contributed by atoms with Crippen LogP contribution in [0.4, 0.5) is 0 Å². The standard InChI is InChI=1S/C14H8N3O3/c1-20-14-11(17-5-3-2-4-6-17)12(18)9(7-15)10(8-16)13(14)19/h2-6H,1H3. The molecule has 0 saturated heterocycles. The summed E-state index contributed by atoms with van der Waals surface area (Å²) in [6.07, 6.45) is 6.60. The summed E-state index contributed by atoms with van der Waals surface area (Å²) in [7, 11) is 1.23. The number of ketones is 2. The van der Waals surface area contributed by atoms with E-state index in [9.17, 15) is 9.59 Å². The molecule has 97 valence electrons. The lowest BCUT2D eigenvalue weighted by molar-refractivity contribution is -0.119. The van der Waals surface area contributed by atoms with E-state index < -0.39 is 22.7 Å². The van der Waals surface area contributed by atoms with Crippen LogP contribution >= 0.6 is 0 Å². The smallest absolute Gasteiger partial charge is 0.241 e. The van der Waals surface area contributed by atoms with Crippen LogP contribution in [0.5, 0.6) is 0 Å². The molecular formula is C14H8N3O3. The first-order valence-electron chi connectivity index (χ1n) is 5.54. The minimum Gasteiger partial charge on any atom is -0.491 e. The molecule has 0 spiro atoms. The van der Waals surface area contributed by atoms with Crippen molar-refractivity contribution in [1.29, 1.82) is 10.5 Å². The van der Waals surface area contributed by atoms with Crippen LogP contribution in [0, 0.1) is 29.2 Å². The fourth-order valence-electron chi connectivity index (χ4n) is 1.85. The second-order valence-electron chi connectivity index (χ2n) is 3.80. The minimum absolute atomic E-state index is 0.0753. The van der Waals surface area contributed by atoms with E-state index >= 15 is 0 Å². The number of hydrogen-bond acceptors (Lipinski definition) is 6. The molecule has 2 aliphatic rings. The number of ether oxygens (including phenoxy) is 1. The second kappa shape index (κ2) is 5.25. The van der Waals surface area contributed by atoms with Crippen molar-refractivity contribution in [2.45, 2.75) is 0 Å². The Morgan fingerprint density at radius 1 is 1.05 bits per heavy atom. The molecular weight excluding hydrogens is 258 g/mol. The summed E-state index contributed by atoms with van der Waals surface area (Å²) in [6, 6.07) is 3.20. The van der Waals surface area contributed by atoms with E-state index in [0.717, 1.165) is 0 Å². The lowest BCUT2D eigenvalue weighted by atomic mass is 9.92. The lowest BCUT2D eigenvalue weighted by Crippen LogP contribution is -2.31. The van der Waals surface area contributed by atoms with Gasteiger partial charge in [-0.3, -0.25) is 9.59 Å². The van der Waals surface area contributed by atoms with Crippen LogP contribution in [0.3, 0.4) is 0 Å². The molecule has 0 amide bonds. The van der Waals surface area contributed by atoms with E-state index in [1.165, 1.54) is 12.0 Å². The number of carbonyl (C=O) groups excluding carboxylic acids is 2. The number of Topliss-reactive ketones (excluding diaryl/α,β-unsaturated/α-hetero) is 2. The van der Waals surface area contributed by atoms with E-state index in [1.54, 1.807) is 43.1 Å². The SMILES string of the molecule is COC1=C(N2[CH]C=CC=C2)C(=O)C(C#N)=C(C#N)C1=O. The number of hydrogen-bond donors (Lipinski definition) is 0. The largest absolute Gasteiger partial charge is 0.491 e. The van der Waals surface area contributed by atoms with Crippen LogP contribution in [-0.2, 0) is 14.3 Å². The molecule has 1 heterocycles. The minimum atomic E-state index is -0.766. The van der Waals surface area contributed by atoms with Crippen molar-refractivity contribution >= 4 is 11.6 Å². The quantitative estimate of drug-likeness (QED) is 0.689. The number of nitrogens with zero attached hydrogens (tertiary/aromatic N) is 3. The highest BCUT2D eigenvalue weighted by molar-refractivity contribution is 6.27. The van der Waals surface area contributed by atoms with E-state index in [2.05, 4.69) is 0 Å². The third-order valence-corrected chi connectivity index (χ3v) is 2.74. The van der Waals surface area contributed by atoms with Crippen LogP contribution < -0.4 is 0 Å². The molecule has 0 saturated carbocycles. The monoisotopic (exact) mass is 266 g/mol. The third kappa shape index (κ3) is 1.90. The molecule has 1 aliphatic heterocycles. The van der Waals surface area contributed by atoms with Crippen molar-refractivity contribution in [3.05, 3.63) is 53.6 Å². The summed E-state index contributed by atoms with van der Waals surface area (Å²) >= 11 is 0. The zero-order valence-electron chi connectivity index (χ0n) is 10.5. The zero-order valence-corrected chi connectivity index (χ0v) is 10.5. The molecule has 0 N–H and O–H groups in total. The number of carbonyl (C=O) groups is 2. The summed E-state index contributed by atoms with van der Waals surface area (Å²) in [5, 5.41) is 17.9. The normalized spacial score (nSPS) is 18.2. The van der Waals surface area contributed by atoms with Crippen molar-refractivity contribution in [2.75, 3.05) is 7.11 Å². The van der Waals surface area contributed by atoms with Gasteiger partial charge in [-0.2, -0.15) is 10.5 Å². The first kappa shape index (κ1) is 13.3. The first-order valence-corrected chi connectivity index (χ1v) is 5.54. The van der Waals surface area contributed by atoms with Crippen molar-refractivity contribution in [3.8, 4) is 12.1 Å². The highest BCUT2D eigenvalue weighted by Gasteiger charge is 2.38. The topological polar surface area (TPSA) is 94.2 Å². The Morgan fingerprint density at radius 3 is 2.20 bits per heavy atom. The van der Waals surface area contributed by atoms with Gasteiger partial charge in [-0.25, -0.2) is 0 Å². The van der Waals surface area contributed by atoms with Crippen LogP contribution in [0.1, 0.15) is 0 Å². The van der Waals surface area contributed by atoms with Crippen molar-refractivity contribution in [3.63, 3.8) is 0 Å². The molecule has 0 fully saturated rings. The number of methoxy groups -OCH3 is 1. The summed E-state index contributed by atoms with van der Waals surface area (Å²) in [5.41, 5.74) is -1.03. The molecule has 1 aliphatic carbocycles. The van der Waals surface area contributed by atoms with Crippen LogP contribution in [0.25, 0.3) is 0 Å². The van der Waals surface area contributed by atoms with E-state index in [4.69, 9.17) is 15.3 Å². The predicted molar refractivity (Wildman–Crippen MR) is 66.7 cm³/mol. The average Bonchev–Trinajstić information content (AvgIpc) is 2.49. The van der Waals surface area contributed by atoms with E-state index in [1.807, 2.05) is 0 Å². The average molecular weight is 266 g/mol. The molecule has 0 bridgehead atoms. The summed E-state index contributed by atoms with van der Waals surface area (Å²) < 4.78 is 4.96. The van der Waals surface area contributed by atoms with Gasteiger partial charge in [-0.1, -0.05) is 12.2 Å². The van der Waals surface area contributed by atoms with Gasteiger partial charge >= 0.3 is 0 Å². The van der Waals surface area contributed by atoms with Gasteiger partial charge in [0, 0.05) is 6.20 Å². The van der Waals surface area contributed by atoms with Crippen LogP contribution in [0.2, 0.25) is 0 Å². The van der Waals surface area contributed by atoms with Gasteiger partial charge in [-0.05, 0) is 6.08 Å². The van der Waals surface area contributed by atoms with Crippen LogP contribution in [-0.4, -0.2) is 23.6 Å². The van der Waals surface area contributed by atoms with Gasteiger partial charge < -0.3 is 9.64 Å². The molecule has 6 nitrogen and oxygen atoms in total. The highest BCUT2D eigenvalue weighted by Crippen LogP contribution is 2.28. The maximum atomic E-state index is 12.3. The van der Waals surface area contributed by atoms with Gasteiger partial charge in [0.1, 0.15) is 29.0 Å². The fraction of sp³-hybridized carbons (Fsp3) is 0.0714. The Kier molecular flexibility index (Phi) is 3.49. The van der Waals surface area contributed by atoms with Crippen molar-refractivity contribution in [1.82, 2.24) is 4.90 Å². The first-order chi connectivity index (χ1) is 9.65. The van der Waals surface area contributed by atoms with Gasteiger partial charge in [0.25, 0.3) is 0 Å². The summed E-state index contributed by atoms with van der Waals surface area (Å²) in [6.45, 7) is 1.55. The number of allylic oxidation sites excluding steroid dienone is 4. The van der Waals surface area contributed by atoms with E-state index in [-0.39, 0.29) is 11.5 Å². The highest BCUT2D eigenvalue weighted by atomic mass is 16.5. The van der Waals surface area contributed by atoms with E-state index in [0.29, 0.717) is 0 Å². The van der Waals surface area contributed by atoms with Gasteiger partial charge in [-0.15, -0.1) is 0 Å². The molecule has 0 aromatic rings. The van der Waals surface area contributed by atoms with Gasteiger partial charge in [0.2, 0.25) is 11.6 Å². The molecule has 0 aromatic carbocycles. The Hall–Kier alpha value is -3.12. The zero-order chi connectivity index (χ0) is 14.7. The van der Waals surface area contributed by atoms with Crippen molar-refractivity contribution in [2.24, 2.45) is 0 Å². The number of rotatable bonds is 2. The Morgan fingerprint density at radius 2 is 1.70 bits per heavy atom. The lowest BCUT2D eigenvalue weighted by Gasteiger charge is -2.26. The molecule has 0 aromatic heterocycles.